The highest BCUT2D eigenvalue weighted by Crippen LogP contribution is 2.29. The van der Waals surface area contributed by atoms with Gasteiger partial charge in [-0.2, -0.15) is 13.2 Å². The minimum absolute atomic E-state index is 0.0726. The number of halogens is 3. The number of nitrogens with one attached hydrogen (secondary N) is 2. The first-order chi connectivity index (χ1) is 8.71. The number of methoxy groups -OCH3 is 1. The Labute approximate surface area is 108 Å². The van der Waals surface area contributed by atoms with Crippen molar-refractivity contribution in [2.24, 2.45) is 0 Å². The minimum Gasteiger partial charge on any atom is -0.463 e. The fraction of sp³-hybridized carbons (Fsp3) is 0.800. The molecule has 0 saturated heterocycles. The Kier molecular flexibility index (Phi) is 6.77. The second-order valence-electron chi connectivity index (χ2n) is 3.57. The standard InChI is InChI=1S/C10H17F3N2O4/c1-4-19-8(17)9(10(11,12)13,15-7(2)16)14-5-6-18-3/h14H,4-6H2,1-3H3,(H,15,16)/t9-/m1/s1. The molecule has 19 heavy (non-hydrogen) atoms. The lowest BCUT2D eigenvalue weighted by molar-refractivity contribution is -0.221. The lowest BCUT2D eigenvalue weighted by Gasteiger charge is -2.34. The highest BCUT2D eigenvalue weighted by Gasteiger charge is 2.62. The van der Waals surface area contributed by atoms with Crippen molar-refractivity contribution >= 4 is 11.9 Å². The van der Waals surface area contributed by atoms with Crippen LogP contribution < -0.4 is 10.6 Å². The summed E-state index contributed by atoms with van der Waals surface area (Å²) >= 11 is 0. The van der Waals surface area contributed by atoms with E-state index in [4.69, 9.17) is 0 Å². The number of ether oxygens (including phenoxy) is 2. The summed E-state index contributed by atoms with van der Waals surface area (Å²) in [6.45, 7) is 1.62. The smallest absolute Gasteiger partial charge is 0.436 e. The van der Waals surface area contributed by atoms with Crippen LogP contribution in [0.5, 0.6) is 0 Å². The molecular weight excluding hydrogens is 269 g/mol. The van der Waals surface area contributed by atoms with Gasteiger partial charge in [-0.1, -0.05) is 0 Å². The number of alkyl halides is 3. The maximum absolute atomic E-state index is 13.1. The molecule has 112 valence electrons. The molecule has 0 unspecified atom stereocenters. The largest absolute Gasteiger partial charge is 0.463 e. The number of hydrogen-bond acceptors (Lipinski definition) is 5. The lowest BCUT2D eigenvalue weighted by Crippen LogP contribution is -2.72. The average molecular weight is 286 g/mol. The van der Waals surface area contributed by atoms with E-state index in [0.29, 0.717) is 0 Å². The van der Waals surface area contributed by atoms with E-state index in [-0.39, 0.29) is 19.8 Å². The van der Waals surface area contributed by atoms with Crippen LogP contribution in [0.15, 0.2) is 0 Å². The predicted octanol–water partition coefficient (Wildman–Crippen LogP) is 0.180. The number of rotatable bonds is 7. The van der Waals surface area contributed by atoms with E-state index in [1.165, 1.54) is 14.0 Å². The van der Waals surface area contributed by atoms with Gasteiger partial charge in [0.05, 0.1) is 13.2 Å². The molecule has 0 heterocycles. The van der Waals surface area contributed by atoms with Gasteiger partial charge in [0, 0.05) is 20.6 Å². The summed E-state index contributed by atoms with van der Waals surface area (Å²) in [4.78, 5) is 22.5. The van der Waals surface area contributed by atoms with Crippen molar-refractivity contribution in [1.82, 2.24) is 10.6 Å². The molecule has 0 aromatic heterocycles. The van der Waals surface area contributed by atoms with Gasteiger partial charge in [-0.05, 0) is 6.92 Å². The number of carbonyl (C=O) groups excluding carboxylic acids is 2. The Balaban J connectivity index is 5.32. The summed E-state index contributed by atoms with van der Waals surface area (Å²) < 4.78 is 48.3. The highest BCUT2D eigenvalue weighted by molar-refractivity contribution is 5.87. The van der Waals surface area contributed by atoms with Crippen LogP contribution in [0.25, 0.3) is 0 Å². The average Bonchev–Trinajstić information content (AvgIpc) is 2.26. The highest BCUT2D eigenvalue weighted by atomic mass is 19.4. The minimum atomic E-state index is -5.06. The van der Waals surface area contributed by atoms with Gasteiger partial charge in [-0.25, -0.2) is 4.79 Å². The van der Waals surface area contributed by atoms with Gasteiger partial charge >= 0.3 is 12.1 Å². The molecule has 0 spiro atoms. The third kappa shape index (κ3) is 4.67. The van der Waals surface area contributed by atoms with Gasteiger partial charge in [0.2, 0.25) is 5.91 Å². The maximum atomic E-state index is 13.1. The number of amides is 1. The molecule has 1 amide bonds. The third-order valence-corrected chi connectivity index (χ3v) is 2.07. The monoisotopic (exact) mass is 286 g/mol. The molecule has 0 aliphatic carbocycles. The fourth-order valence-corrected chi connectivity index (χ4v) is 1.30. The Hall–Kier alpha value is -1.35. The molecule has 0 aliphatic heterocycles. The van der Waals surface area contributed by atoms with E-state index < -0.39 is 23.7 Å². The SMILES string of the molecule is CCOC(=O)[C@@](NCCOC)(NC(C)=O)C(F)(F)F. The Morgan fingerprint density at radius 3 is 2.21 bits per heavy atom. The molecule has 0 saturated carbocycles. The van der Waals surface area contributed by atoms with Crippen LogP contribution in [0.1, 0.15) is 13.8 Å². The summed E-state index contributed by atoms with van der Waals surface area (Å²) in [7, 11) is 1.29. The number of carbonyl (C=O) groups is 2. The summed E-state index contributed by atoms with van der Waals surface area (Å²) in [5.74, 6) is -2.64. The molecule has 0 bridgehead atoms. The fourth-order valence-electron chi connectivity index (χ4n) is 1.30. The van der Waals surface area contributed by atoms with Gasteiger partial charge in [0.1, 0.15) is 0 Å². The molecule has 0 aromatic rings. The molecule has 6 nitrogen and oxygen atoms in total. The van der Waals surface area contributed by atoms with Crippen LogP contribution in [0.3, 0.4) is 0 Å². The Bertz CT molecular complexity index is 322. The molecule has 0 rings (SSSR count). The predicted molar refractivity (Wildman–Crippen MR) is 59.1 cm³/mol. The normalized spacial score (nSPS) is 14.6. The topological polar surface area (TPSA) is 76.7 Å². The van der Waals surface area contributed by atoms with Crippen LogP contribution in [0, 0.1) is 0 Å². The first kappa shape index (κ1) is 17.6. The Morgan fingerprint density at radius 1 is 1.26 bits per heavy atom. The van der Waals surface area contributed by atoms with Crippen LogP contribution in [0.2, 0.25) is 0 Å². The summed E-state index contributed by atoms with van der Waals surface area (Å²) in [6.07, 6.45) is -5.06. The molecule has 0 aromatic carbocycles. The van der Waals surface area contributed by atoms with E-state index in [0.717, 1.165) is 6.92 Å². The molecular formula is C10H17F3N2O4. The lowest BCUT2D eigenvalue weighted by atomic mass is 10.1. The number of esters is 1. The molecule has 1 atom stereocenters. The number of hydrogen-bond donors (Lipinski definition) is 2. The zero-order valence-electron chi connectivity index (χ0n) is 10.9. The van der Waals surface area contributed by atoms with Gasteiger partial charge < -0.3 is 14.8 Å². The van der Waals surface area contributed by atoms with Crippen LogP contribution >= 0.6 is 0 Å². The zero-order chi connectivity index (χ0) is 15.1. The van der Waals surface area contributed by atoms with Crippen molar-refractivity contribution in [3.63, 3.8) is 0 Å². The second kappa shape index (κ2) is 7.29. The molecule has 2 N–H and O–H groups in total. The third-order valence-electron chi connectivity index (χ3n) is 2.07. The quantitative estimate of drug-likeness (QED) is 0.397. The van der Waals surface area contributed by atoms with Gasteiger partial charge in [0.25, 0.3) is 5.66 Å². The summed E-state index contributed by atoms with van der Waals surface area (Å²) in [5, 5.41) is 3.51. The van der Waals surface area contributed by atoms with Crippen LogP contribution in [-0.4, -0.2) is 50.6 Å². The molecule has 9 heteroatoms. The summed E-state index contributed by atoms with van der Waals surface area (Å²) in [5.41, 5.74) is -3.27. The van der Waals surface area contributed by atoms with E-state index in [2.05, 4.69) is 9.47 Å². The van der Waals surface area contributed by atoms with E-state index >= 15 is 0 Å². The van der Waals surface area contributed by atoms with Crippen LogP contribution in [0.4, 0.5) is 13.2 Å². The molecule has 0 aliphatic rings. The van der Waals surface area contributed by atoms with Gasteiger partial charge in [-0.3, -0.25) is 10.1 Å². The van der Waals surface area contributed by atoms with Gasteiger partial charge in [0.15, 0.2) is 0 Å². The van der Waals surface area contributed by atoms with E-state index in [9.17, 15) is 22.8 Å². The van der Waals surface area contributed by atoms with E-state index in [1.807, 2.05) is 5.32 Å². The van der Waals surface area contributed by atoms with Crippen molar-refractivity contribution in [2.45, 2.75) is 25.7 Å². The molecule has 0 fully saturated rings. The van der Waals surface area contributed by atoms with Crippen molar-refractivity contribution in [3.8, 4) is 0 Å². The maximum Gasteiger partial charge on any atom is 0.436 e. The van der Waals surface area contributed by atoms with Gasteiger partial charge in [-0.15, -0.1) is 0 Å². The van der Waals surface area contributed by atoms with Crippen molar-refractivity contribution in [2.75, 3.05) is 26.9 Å². The van der Waals surface area contributed by atoms with Crippen LogP contribution in [-0.2, 0) is 19.1 Å². The second-order valence-corrected chi connectivity index (χ2v) is 3.57. The van der Waals surface area contributed by atoms with Crippen molar-refractivity contribution in [1.29, 1.82) is 0 Å². The van der Waals surface area contributed by atoms with E-state index in [1.54, 1.807) is 5.32 Å². The first-order valence-corrected chi connectivity index (χ1v) is 5.48. The Morgan fingerprint density at radius 2 is 1.84 bits per heavy atom. The molecule has 0 radical (unpaired) electrons. The zero-order valence-corrected chi connectivity index (χ0v) is 10.9. The van der Waals surface area contributed by atoms with Crippen molar-refractivity contribution in [3.05, 3.63) is 0 Å². The summed E-state index contributed by atoms with van der Waals surface area (Å²) in [6, 6.07) is 0. The first-order valence-electron chi connectivity index (χ1n) is 5.48. The van der Waals surface area contributed by atoms with Crippen molar-refractivity contribution < 1.29 is 32.2 Å².